The van der Waals surface area contributed by atoms with Crippen LogP contribution in [-0.4, -0.2) is 95.4 Å². The van der Waals surface area contributed by atoms with E-state index in [1.807, 2.05) is 4.90 Å². The molecule has 0 bridgehead atoms. The van der Waals surface area contributed by atoms with Crippen molar-refractivity contribution in [3.05, 3.63) is 22.4 Å². The molecule has 3 heterocycles. The minimum atomic E-state index is -5.08. The molecule has 0 unspecified atom stereocenters. The first-order valence-corrected chi connectivity index (χ1v) is 12.4. The predicted octanol–water partition coefficient (Wildman–Crippen LogP) is 3.44. The van der Waals surface area contributed by atoms with E-state index in [9.17, 15) is 18.0 Å². The Morgan fingerprint density at radius 2 is 1.73 bits per heavy atom. The molecule has 4 rings (SSSR count). The number of hydrogen-bond donors (Lipinski definition) is 2. The molecule has 0 aromatic carbocycles. The van der Waals surface area contributed by atoms with Gasteiger partial charge < -0.3 is 15.3 Å². The van der Waals surface area contributed by atoms with Crippen LogP contribution in [0.3, 0.4) is 0 Å². The summed E-state index contributed by atoms with van der Waals surface area (Å²) in [7, 11) is 0. The van der Waals surface area contributed by atoms with Gasteiger partial charge in [-0.2, -0.15) is 24.5 Å². The highest BCUT2D eigenvalue weighted by Gasteiger charge is 2.41. The van der Waals surface area contributed by atoms with Crippen molar-refractivity contribution in [1.29, 1.82) is 0 Å². The van der Waals surface area contributed by atoms with Gasteiger partial charge in [-0.05, 0) is 55.5 Å². The lowest BCUT2D eigenvalue weighted by molar-refractivity contribution is -0.192. The highest BCUT2D eigenvalue weighted by atomic mass is 32.1. The van der Waals surface area contributed by atoms with Crippen molar-refractivity contribution in [2.45, 2.75) is 63.3 Å². The van der Waals surface area contributed by atoms with E-state index in [1.165, 1.54) is 31.7 Å². The minimum absolute atomic E-state index is 0.149. The third-order valence-electron chi connectivity index (χ3n) is 6.66. The van der Waals surface area contributed by atoms with E-state index >= 15 is 0 Å². The number of carbonyl (C=O) groups is 2. The molecule has 3 fully saturated rings. The van der Waals surface area contributed by atoms with E-state index in [0.717, 1.165) is 32.4 Å². The van der Waals surface area contributed by atoms with Crippen LogP contribution in [0.25, 0.3) is 0 Å². The monoisotopic (exact) mass is 490 g/mol. The zero-order valence-electron chi connectivity index (χ0n) is 19.1. The quantitative estimate of drug-likeness (QED) is 0.676. The number of aliphatic carboxylic acids is 1. The lowest BCUT2D eigenvalue weighted by atomic mass is 10.0. The number of hydrogen-bond acceptors (Lipinski definition) is 5. The number of piperidine rings is 1. The molecule has 7 nitrogen and oxygen atoms in total. The molecule has 0 spiro atoms. The highest BCUT2D eigenvalue weighted by Crippen LogP contribution is 2.41. The number of carbonyl (C=O) groups excluding carboxylic acids is 1. The van der Waals surface area contributed by atoms with Crippen LogP contribution in [0.5, 0.6) is 0 Å². The average Bonchev–Trinajstić information content (AvgIpc) is 3.31. The SMILES string of the molecule is CC(C)N1CCN(C2CCN(C(=O)N[C@@H]3C[C@H]3c3ccsc3)CC2)CC1.O=C(O)C(F)(F)F. The molecule has 2 atom stereocenters. The Bertz CT molecular complexity index is 774. The highest BCUT2D eigenvalue weighted by molar-refractivity contribution is 7.08. The molecule has 2 N–H and O–H groups in total. The Hall–Kier alpha value is -1.85. The summed E-state index contributed by atoms with van der Waals surface area (Å²) < 4.78 is 31.7. The molecule has 0 radical (unpaired) electrons. The van der Waals surface area contributed by atoms with Crippen LogP contribution >= 0.6 is 11.3 Å². The number of carboxylic acid groups (broad SMARTS) is 1. The number of rotatable bonds is 4. The summed E-state index contributed by atoms with van der Waals surface area (Å²) in [4.78, 5) is 28.7. The number of piperazine rings is 1. The zero-order chi connectivity index (χ0) is 24.2. The number of halogens is 3. The second-order valence-electron chi connectivity index (χ2n) is 9.14. The molecule has 186 valence electrons. The Kier molecular flexibility index (Phi) is 8.63. The molecule has 1 saturated carbocycles. The van der Waals surface area contributed by atoms with Crippen molar-refractivity contribution in [1.82, 2.24) is 20.0 Å². The van der Waals surface area contributed by atoms with Crippen molar-refractivity contribution >= 4 is 23.3 Å². The van der Waals surface area contributed by atoms with Gasteiger partial charge in [0.15, 0.2) is 0 Å². The first-order chi connectivity index (χ1) is 15.6. The Morgan fingerprint density at radius 3 is 2.21 bits per heavy atom. The van der Waals surface area contributed by atoms with Gasteiger partial charge in [-0.1, -0.05) is 0 Å². The minimum Gasteiger partial charge on any atom is -0.475 e. The van der Waals surface area contributed by atoms with Gasteiger partial charge in [0.2, 0.25) is 0 Å². The van der Waals surface area contributed by atoms with Gasteiger partial charge in [0, 0.05) is 63.3 Å². The third kappa shape index (κ3) is 7.31. The van der Waals surface area contributed by atoms with Crippen LogP contribution in [0.4, 0.5) is 18.0 Å². The van der Waals surface area contributed by atoms with Gasteiger partial charge in [-0.3, -0.25) is 9.80 Å². The van der Waals surface area contributed by atoms with Gasteiger partial charge in [-0.25, -0.2) is 9.59 Å². The van der Waals surface area contributed by atoms with Crippen molar-refractivity contribution < 1.29 is 27.9 Å². The lowest BCUT2D eigenvalue weighted by Gasteiger charge is -2.43. The second-order valence-corrected chi connectivity index (χ2v) is 9.92. The van der Waals surface area contributed by atoms with Gasteiger partial charge >= 0.3 is 18.2 Å². The summed E-state index contributed by atoms with van der Waals surface area (Å²) in [6, 6.07) is 4.00. The Labute approximate surface area is 196 Å². The van der Waals surface area contributed by atoms with Gasteiger partial charge in [-0.15, -0.1) is 0 Å². The van der Waals surface area contributed by atoms with Crippen molar-refractivity contribution in [2.75, 3.05) is 39.3 Å². The molecule has 2 aliphatic heterocycles. The summed E-state index contributed by atoms with van der Waals surface area (Å²) in [5.74, 6) is -2.22. The van der Waals surface area contributed by atoms with Crippen molar-refractivity contribution in [3.8, 4) is 0 Å². The molecule has 11 heteroatoms. The van der Waals surface area contributed by atoms with Gasteiger partial charge in [0.05, 0.1) is 0 Å². The van der Waals surface area contributed by atoms with Crippen LogP contribution in [0, 0.1) is 0 Å². The number of amides is 2. The van der Waals surface area contributed by atoms with E-state index in [2.05, 4.69) is 45.8 Å². The van der Waals surface area contributed by atoms with Crippen molar-refractivity contribution in [2.24, 2.45) is 0 Å². The van der Waals surface area contributed by atoms with Crippen LogP contribution < -0.4 is 5.32 Å². The third-order valence-corrected chi connectivity index (χ3v) is 7.36. The summed E-state index contributed by atoms with van der Waals surface area (Å²) >= 11 is 1.74. The number of likely N-dealkylation sites (tertiary alicyclic amines) is 1. The summed E-state index contributed by atoms with van der Waals surface area (Å²) in [6.45, 7) is 11.1. The van der Waals surface area contributed by atoms with Gasteiger partial charge in [0.25, 0.3) is 0 Å². The average molecular weight is 491 g/mol. The summed E-state index contributed by atoms with van der Waals surface area (Å²) in [5, 5.41) is 14.7. The second kappa shape index (κ2) is 11.1. The van der Waals surface area contributed by atoms with E-state index in [4.69, 9.17) is 9.90 Å². The molecule has 1 aromatic heterocycles. The van der Waals surface area contributed by atoms with Crippen LogP contribution in [0.15, 0.2) is 16.8 Å². The van der Waals surface area contributed by atoms with Crippen LogP contribution in [0.1, 0.15) is 44.6 Å². The summed E-state index contributed by atoms with van der Waals surface area (Å²) in [6.07, 6.45) is -1.75. The van der Waals surface area contributed by atoms with E-state index in [0.29, 0.717) is 24.0 Å². The topological polar surface area (TPSA) is 76.1 Å². The lowest BCUT2D eigenvalue weighted by Crippen LogP contribution is -2.55. The maximum Gasteiger partial charge on any atom is 0.490 e. The maximum absolute atomic E-state index is 12.6. The van der Waals surface area contributed by atoms with E-state index in [-0.39, 0.29) is 6.03 Å². The molecular weight excluding hydrogens is 457 g/mol. The predicted molar refractivity (Wildman–Crippen MR) is 121 cm³/mol. The fraction of sp³-hybridized carbons (Fsp3) is 0.727. The number of carboxylic acids is 1. The largest absolute Gasteiger partial charge is 0.490 e. The normalized spacial score (nSPS) is 24.8. The molecule has 2 amide bonds. The summed E-state index contributed by atoms with van der Waals surface area (Å²) in [5.41, 5.74) is 1.39. The molecule has 33 heavy (non-hydrogen) atoms. The van der Waals surface area contributed by atoms with E-state index < -0.39 is 12.1 Å². The number of urea groups is 1. The number of alkyl halides is 3. The maximum atomic E-state index is 12.6. The molecular formula is C22H33F3N4O3S. The fourth-order valence-electron chi connectivity index (χ4n) is 4.51. The fourth-order valence-corrected chi connectivity index (χ4v) is 5.24. The van der Waals surface area contributed by atoms with E-state index in [1.54, 1.807) is 11.3 Å². The molecule has 1 aliphatic carbocycles. The number of nitrogens with zero attached hydrogens (tertiary/aromatic N) is 3. The molecule has 1 aromatic rings. The Morgan fingerprint density at radius 1 is 1.12 bits per heavy atom. The first kappa shape index (κ1) is 25.8. The molecule has 3 aliphatic rings. The van der Waals surface area contributed by atoms with Crippen LogP contribution in [-0.2, 0) is 4.79 Å². The van der Waals surface area contributed by atoms with Crippen LogP contribution in [0.2, 0.25) is 0 Å². The van der Waals surface area contributed by atoms with Crippen molar-refractivity contribution in [3.63, 3.8) is 0 Å². The first-order valence-electron chi connectivity index (χ1n) is 11.4. The smallest absolute Gasteiger partial charge is 0.475 e. The molecule has 2 saturated heterocycles. The standard InChI is InChI=1S/C20H32N4OS.C2HF3O2/c1-15(2)22-8-10-23(11-9-22)17-3-6-24(7-4-17)20(25)21-19-13-18(19)16-5-12-26-14-16;3-2(4,5)1(6)7/h5,12,14-15,17-19H,3-4,6-11,13H2,1-2H3,(H,21,25);(H,6,7)/t18-,19+;/m0./s1. The zero-order valence-corrected chi connectivity index (χ0v) is 19.9. The van der Waals surface area contributed by atoms with Gasteiger partial charge in [0.1, 0.15) is 0 Å². The number of nitrogens with one attached hydrogen (secondary N) is 1. The Balaban J connectivity index is 0.000000383. The number of thiophene rings is 1.